The molecule has 1 aliphatic rings. The summed E-state index contributed by atoms with van der Waals surface area (Å²) in [6.07, 6.45) is 5.78. The van der Waals surface area contributed by atoms with E-state index in [0.29, 0.717) is 24.3 Å². The van der Waals surface area contributed by atoms with Gasteiger partial charge in [0.2, 0.25) is 0 Å². The van der Waals surface area contributed by atoms with Gasteiger partial charge < -0.3 is 20.2 Å². The molecule has 0 aliphatic carbocycles. The maximum Gasteiger partial charge on any atom is 0.314 e. The van der Waals surface area contributed by atoms with Crippen molar-refractivity contribution in [3.05, 3.63) is 24.2 Å². The summed E-state index contributed by atoms with van der Waals surface area (Å²) in [6.45, 7) is 7.40. The van der Waals surface area contributed by atoms with Crippen molar-refractivity contribution in [3.63, 3.8) is 0 Å². The van der Waals surface area contributed by atoms with Crippen LogP contribution < -0.4 is 10.6 Å². The van der Waals surface area contributed by atoms with Gasteiger partial charge in [-0.2, -0.15) is 0 Å². The van der Waals surface area contributed by atoms with E-state index in [-0.39, 0.29) is 12.6 Å². The first-order valence-corrected chi connectivity index (χ1v) is 9.05. The van der Waals surface area contributed by atoms with E-state index in [2.05, 4.69) is 29.4 Å². The van der Waals surface area contributed by atoms with Crippen LogP contribution in [0.4, 0.5) is 4.79 Å². The molecule has 1 aliphatic heterocycles. The Hall–Kier alpha value is -1.53. The van der Waals surface area contributed by atoms with Gasteiger partial charge in [0.25, 0.3) is 0 Å². The van der Waals surface area contributed by atoms with E-state index in [9.17, 15) is 9.90 Å². The molecule has 0 aromatic carbocycles. The number of nitrogens with zero attached hydrogens (tertiary/aromatic N) is 1. The lowest BCUT2D eigenvalue weighted by Gasteiger charge is -2.33. The van der Waals surface area contributed by atoms with Crippen LogP contribution in [0.3, 0.4) is 0 Å². The predicted molar refractivity (Wildman–Crippen MR) is 93.7 cm³/mol. The summed E-state index contributed by atoms with van der Waals surface area (Å²) in [5.74, 6) is 0.942. The Balaban J connectivity index is 1.75. The molecular weight excluding hydrogens is 306 g/mol. The number of amides is 2. The molecule has 24 heavy (non-hydrogen) atoms. The molecule has 1 fully saturated rings. The molecule has 6 heteroatoms. The Morgan fingerprint density at radius 3 is 2.46 bits per heavy atom. The van der Waals surface area contributed by atoms with Crippen molar-refractivity contribution in [2.75, 3.05) is 26.2 Å². The molecule has 3 N–H and O–H groups in total. The van der Waals surface area contributed by atoms with Gasteiger partial charge >= 0.3 is 6.03 Å². The number of nitrogens with one attached hydrogen (secondary N) is 2. The molecule has 6 nitrogen and oxygen atoms in total. The van der Waals surface area contributed by atoms with Crippen LogP contribution in [0.1, 0.15) is 51.4 Å². The average molecular weight is 337 g/mol. The van der Waals surface area contributed by atoms with Crippen LogP contribution in [0.15, 0.2) is 22.8 Å². The number of carbonyl (C=O) groups excluding carboxylic acids is 1. The number of hydrogen-bond donors (Lipinski definition) is 3. The van der Waals surface area contributed by atoms with Gasteiger partial charge in [0.05, 0.1) is 12.8 Å². The van der Waals surface area contributed by atoms with Gasteiger partial charge in [0.1, 0.15) is 11.9 Å². The fourth-order valence-electron chi connectivity index (χ4n) is 3.24. The van der Waals surface area contributed by atoms with Gasteiger partial charge in [-0.15, -0.1) is 0 Å². The highest BCUT2D eigenvalue weighted by Crippen LogP contribution is 2.17. The van der Waals surface area contributed by atoms with Crippen LogP contribution in [-0.2, 0) is 0 Å². The van der Waals surface area contributed by atoms with Crippen LogP contribution in [0.25, 0.3) is 0 Å². The minimum absolute atomic E-state index is 0.134. The average Bonchev–Trinajstić information content (AvgIpc) is 2.97. The highest BCUT2D eigenvalue weighted by Gasteiger charge is 2.23. The summed E-state index contributed by atoms with van der Waals surface area (Å²) in [4.78, 5) is 14.5. The smallest absolute Gasteiger partial charge is 0.314 e. The van der Waals surface area contributed by atoms with Crippen molar-refractivity contribution in [2.24, 2.45) is 5.92 Å². The number of aliphatic hydroxyl groups excluding tert-OH is 1. The van der Waals surface area contributed by atoms with Crippen molar-refractivity contribution >= 4 is 6.03 Å². The molecular formula is C18H31N3O3. The van der Waals surface area contributed by atoms with E-state index in [1.807, 2.05) is 0 Å². The fraction of sp³-hybridized carbons (Fsp3) is 0.722. The van der Waals surface area contributed by atoms with E-state index in [4.69, 9.17) is 4.42 Å². The summed E-state index contributed by atoms with van der Waals surface area (Å²) >= 11 is 0. The molecule has 0 radical (unpaired) electrons. The van der Waals surface area contributed by atoms with Gasteiger partial charge in [0, 0.05) is 12.6 Å². The zero-order valence-electron chi connectivity index (χ0n) is 14.8. The standard InChI is InChI=1S/C18H31N3O3/c1-14(2)15(21-9-5-3-4-6-10-21)12-19-18(23)20-13-16(22)17-8-7-11-24-17/h7-8,11,14-16,22H,3-6,9-10,12-13H2,1-2H3,(H2,19,20,23). The van der Waals surface area contributed by atoms with Crippen molar-refractivity contribution in [1.82, 2.24) is 15.5 Å². The Labute approximate surface area is 144 Å². The van der Waals surface area contributed by atoms with E-state index >= 15 is 0 Å². The molecule has 2 heterocycles. The van der Waals surface area contributed by atoms with Crippen molar-refractivity contribution in [2.45, 2.75) is 51.7 Å². The zero-order valence-corrected chi connectivity index (χ0v) is 14.8. The molecule has 2 unspecified atom stereocenters. The summed E-state index contributed by atoms with van der Waals surface area (Å²) in [6, 6.07) is 3.51. The summed E-state index contributed by atoms with van der Waals surface area (Å²) in [5.41, 5.74) is 0. The van der Waals surface area contributed by atoms with Crippen LogP contribution in [0.2, 0.25) is 0 Å². The number of hydrogen-bond acceptors (Lipinski definition) is 4. The molecule has 0 spiro atoms. The van der Waals surface area contributed by atoms with Gasteiger partial charge in [-0.1, -0.05) is 26.7 Å². The van der Waals surface area contributed by atoms with Crippen LogP contribution in [0.5, 0.6) is 0 Å². The first-order valence-electron chi connectivity index (χ1n) is 9.05. The summed E-state index contributed by atoms with van der Waals surface area (Å²) in [5, 5.41) is 15.6. The van der Waals surface area contributed by atoms with Gasteiger partial charge in [-0.05, 0) is 44.0 Å². The zero-order chi connectivity index (χ0) is 17.4. The fourth-order valence-corrected chi connectivity index (χ4v) is 3.24. The number of urea groups is 1. The third kappa shape index (κ3) is 5.83. The van der Waals surface area contributed by atoms with E-state index in [0.717, 1.165) is 13.1 Å². The molecule has 2 atom stereocenters. The van der Waals surface area contributed by atoms with Crippen LogP contribution >= 0.6 is 0 Å². The second-order valence-corrected chi connectivity index (χ2v) is 6.88. The van der Waals surface area contributed by atoms with Crippen molar-refractivity contribution in [1.29, 1.82) is 0 Å². The monoisotopic (exact) mass is 337 g/mol. The lowest BCUT2D eigenvalue weighted by Crippen LogP contribution is -2.49. The Morgan fingerprint density at radius 1 is 1.21 bits per heavy atom. The van der Waals surface area contributed by atoms with Crippen molar-refractivity contribution in [3.8, 4) is 0 Å². The van der Waals surface area contributed by atoms with E-state index in [1.165, 1.54) is 31.9 Å². The van der Waals surface area contributed by atoms with Crippen LogP contribution in [-0.4, -0.2) is 48.3 Å². The molecule has 0 saturated carbocycles. The highest BCUT2D eigenvalue weighted by molar-refractivity contribution is 5.73. The SMILES string of the molecule is CC(C)C(CNC(=O)NCC(O)c1ccco1)N1CCCCCC1. The maximum absolute atomic E-state index is 12.0. The Morgan fingerprint density at radius 2 is 1.88 bits per heavy atom. The second kappa shape index (κ2) is 9.69. The summed E-state index contributed by atoms with van der Waals surface area (Å²) in [7, 11) is 0. The maximum atomic E-state index is 12.0. The number of likely N-dealkylation sites (tertiary alicyclic amines) is 1. The lowest BCUT2D eigenvalue weighted by atomic mass is 10.0. The summed E-state index contributed by atoms with van der Waals surface area (Å²) < 4.78 is 5.12. The molecule has 1 aromatic heterocycles. The lowest BCUT2D eigenvalue weighted by molar-refractivity contribution is 0.144. The third-order valence-corrected chi connectivity index (χ3v) is 4.68. The third-order valence-electron chi connectivity index (χ3n) is 4.68. The second-order valence-electron chi connectivity index (χ2n) is 6.88. The number of rotatable bonds is 7. The molecule has 0 bridgehead atoms. The topological polar surface area (TPSA) is 77.7 Å². The van der Waals surface area contributed by atoms with Crippen molar-refractivity contribution < 1.29 is 14.3 Å². The quantitative estimate of drug-likeness (QED) is 0.714. The van der Waals surface area contributed by atoms with E-state index < -0.39 is 6.10 Å². The highest BCUT2D eigenvalue weighted by atomic mass is 16.4. The normalized spacial score (nSPS) is 18.8. The van der Waals surface area contributed by atoms with Crippen LogP contribution in [0, 0.1) is 5.92 Å². The number of aliphatic hydroxyl groups is 1. The number of carbonyl (C=O) groups is 1. The largest absolute Gasteiger partial charge is 0.467 e. The van der Waals surface area contributed by atoms with Gasteiger partial charge in [-0.25, -0.2) is 4.79 Å². The molecule has 2 rings (SSSR count). The molecule has 1 aromatic rings. The van der Waals surface area contributed by atoms with E-state index in [1.54, 1.807) is 12.1 Å². The van der Waals surface area contributed by atoms with Gasteiger partial charge in [0.15, 0.2) is 0 Å². The number of furan rings is 1. The predicted octanol–water partition coefficient (Wildman–Crippen LogP) is 2.51. The first kappa shape index (κ1) is 18.8. The minimum Gasteiger partial charge on any atom is -0.467 e. The Bertz CT molecular complexity index is 468. The Kier molecular flexibility index (Phi) is 7.59. The minimum atomic E-state index is -0.822. The molecule has 1 saturated heterocycles. The van der Waals surface area contributed by atoms with Gasteiger partial charge in [-0.3, -0.25) is 4.90 Å². The molecule has 2 amide bonds. The molecule has 136 valence electrons. The first-order chi connectivity index (χ1) is 11.6.